The number of benzene rings is 1. The average molecular weight is 302 g/mol. The van der Waals surface area contributed by atoms with E-state index in [1.54, 1.807) is 7.11 Å². The molecule has 6 nitrogen and oxygen atoms in total. The summed E-state index contributed by atoms with van der Waals surface area (Å²) in [5.41, 5.74) is 7.80. The first-order valence-electron chi connectivity index (χ1n) is 7.51. The van der Waals surface area contributed by atoms with Crippen LogP contribution in [0, 0.1) is 0 Å². The van der Waals surface area contributed by atoms with Crippen LogP contribution in [0.3, 0.4) is 0 Å². The first-order chi connectivity index (χ1) is 10.8. The molecule has 2 N–H and O–H groups in total. The van der Waals surface area contributed by atoms with Gasteiger partial charge in [-0.2, -0.15) is 5.10 Å². The van der Waals surface area contributed by atoms with Gasteiger partial charge in [0.25, 0.3) is 0 Å². The molecule has 0 bridgehead atoms. The van der Waals surface area contributed by atoms with Crippen LogP contribution in [-0.2, 0) is 11.3 Å². The number of aromatic nitrogens is 2. The number of ether oxygens (including phenoxy) is 2. The summed E-state index contributed by atoms with van der Waals surface area (Å²) in [7, 11) is 1.67. The highest BCUT2D eigenvalue weighted by atomic mass is 16.5. The number of rotatable bonds is 5. The van der Waals surface area contributed by atoms with Gasteiger partial charge in [0.2, 0.25) is 0 Å². The van der Waals surface area contributed by atoms with Crippen LogP contribution in [-0.4, -0.2) is 54.1 Å². The van der Waals surface area contributed by atoms with Crippen molar-refractivity contribution in [3.8, 4) is 11.4 Å². The molecule has 6 heteroatoms. The zero-order valence-corrected chi connectivity index (χ0v) is 12.8. The molecule has 1 aromatic heterocycles. The van der Waals surface area contributed by atoms with Gasteiger partial charge in [0, 0.05) is 37.9 Å². The van der Waals surface area contributed by atoms with E-state index in [-0.39, 0.29) is 6.10 Å². The molecule has 1 fully saturated rings. The summed E-state index contributed by atoms with van der Waals surface area (Å²) in [5, 5.41) is 4.45. The summed E-state index contributed by atoms with van der Waals surface area (Å²) < 4.78 is 12.8. The summed E-state index contributed by atoms with van der Waals surface area (Å²) in [6.07, 6.45) is 4.09. The molecule has 0 spiro atoms. The molecular weight excluding hydrogens is 280 g/mol. The Morgan fingerprint density at radius 1 is 1.41 bits per heavy atom. The normalized spacial score (nSPS) is 19.3. The van der Waals surface area contributed by atoms with Crippen molar-refractivity contribution in [2.45, 2.75) is 12.6 Å². The maximum Gasteiger partial charge on any atom is 0.144 e. The van der Waals surface area contributed by atoms with Gasteiger partial charge in [0.1, 0.15) is 11.4 Å². The lowest BCUT2D eigenvalue weighted by molar-refractivity contribution is -0.0260. The highest BCUT2D eigenvalue weighted by Crippen LogP contribution is 2.22. The van der Waals surface area contributed by atoms with Crippen LogP contribution in [0.4, 0.5) is 0 Å². The third-order valence-corrected chi connectivity index (χ3v) is 3.86. The van der Waals surface area contributed by atoms with Crippen molar-refractivity contribution in [3.63, 3.8) is 0 Å². The highest BCUT2D eigenvalue weighted by Gasteiger charge is 2.19. The Bertz CT molecular complexity index is 614. The summed E-state index contributed by atoms with van der Waals surface area (Å²) in [4.78, 5) is 2.35. The second-order valence-corrected chi connectivity index (χ2v) is 5.43. The summed E-state index contributed by atoms with van der Waals surface area (Å²) in [6.45, 7) is 3.96. The van der Waals surface area contributed by atoms with Gasteiger partial charge in [-0.25, -0.2) is 4.68 Å². The third-order valence-electron chi connectivity index (χ3n) is 3.86. The van der Waals surface area contributed by atoms with Crippen molar-refractivity contribution in [1.29, 1.82) is 0 Å². The van der Waals surface area contributed by atoms with E-state index in [0.717, 1.165) is 37.7 Å². The summed E-state index contributed by atoms with van der Waals surface area (Å²) in [5.74, 6) is 0.812. The molecule has 22 heavy (non-hydrogen) atoms. The monoisotopic (exact) mass is 302 g/mol. The zero-order chi connectivity index (χ0) is 15.4. The first kappa shape index (κ1) is 15.0. The van der Waals surface area contributed by atoms with Gasteiger partial charge in [-0.15, -0.1) is 0 Å². The molecular formula is C16H22N4O2. The Labute approximate surface area is 130 Å². The van der Waals surface area contributed by atoms with Gasteiger partial charge in [-0.1, -0.05) is 12.1 Å². The SMILES string of the molecule is COc1ccccc1-n1cc(CN2CCOC(CN)C2)cn1. The number of nitrogens with two attached hydrogens (primary N) is 1. The van der Waals surface area contributed by atoms with E-state index in [1.807, 2.05) is 41.3 Å². The maximum absolute atomic E-state index is 5.69. The van der Waals surface area contributed by atoms with Crippen molar-refractivity contribution in [2.75, 3.05) is 33.4 Å². The number of hydrogen-bond acceptors (Lipinski definition) is 5. The van der Waals surface area contributed by atoms with Crippen LogP contribution >= 0.6 is 0 Å². The lowest BCUT2D eigenvalue weighted by atomic mass is 10.2. The predicted molar refractivity (Wildman–Crippen MR) is 84.2 cm³/mol. The van der Waals surface area contributed by atoms with E-state index in [1.165, 1.54) is 5.56 Å². The molecule has 118 valence electrons. The lowest BCUT2D eigenvalue weighted by Crippen LogP contribution is -2.45. The smallest absolute Gasteiger partial charge is 0.144 e. The Hall–Kier alpha value is -1.89. The molecule has 1 aromatic carbocycles. The van der Waals surface area contributed by atoms with Crippen LogP contribution < -0.4 is 10.5 Å². The Balaban J connectivity index is 1.71. The van der Waals surface area contributed by atoms with Gasteiger partial charge in [0.15, 0.2) is 0 Å². The molecule has 1 aliphatic heterocycles. The molecule has 0 aliphatic carbocycles. The third kappa shape index (κ3) is 3.30. The minimum absolute atomic E-state index is 0.137. The van der Waals surface area contributed by atoms with Crippen molar-refractivity contribution in [2.24, 2.45) is 5.73 Å². The lowest BCUT2D eigenvalue weighted by Gasteiger charge is -2.31. The van der Waals surface area contributed by atoms with E-state index in [2.05, 4.69) is 10.00 Å². The van der Waals surface area contributed by atoms with Gasteiger partial charge >= 0.3 is 0 Å². The van der Waals surface area contributed by atoms with Gasteiger partial charge in [0.05, 0.1) is 26.0 Å². The number of para-hydroxylation sites is 2. The fourth-order valence-corrected chi connectivity index (χ4v) is 2.72. The Morgan fingerprint density at radius 2 is 2.27 bits per heavy atom. The van der Waals surface area contributed by atoms with Crippen LogP contribution in [0.2, 0.25) is 0 Å². The number of hydrogen-bond donors (Lipinski definition) is 1. The molecule has 0 amide bonds. The van der Waals surface area contributed by atoms with Crippen LogP contribution in [0.5, 0.6) is 5.75 Å². The van der Waals surface area contributed by atoms with Crippen LogP contribution in [0.25, 0.3) is 5.69 Å². The standard InChI is InChI=1S/C16H22N4O2/c1-21-16-5-3-2-4-15(16)20-11-13(9-18-20)10-19-6-7-22-14(8-17)12-19/h2-5,9,11,14H,6-8,10,12,17H2,1H3. The van der Waals surface area contributed by atoms with Crippen molar-refractivity contribution in [1.82, 2.24) is 14.7 Å². The van der Waals surface area contributed by atoms with E-state index < -0.39 is 0 Å². The molecule has 2 aromatic rings. The first-order valence-corrected chi connectivity index (χ1v) is 7.51. The highest BCUT2D eigenvalue weighted by molar-refractivity contribution is 5.46. The van der Waals surface area contributed by atoms with Crippen molar-refractivity contribution >= 4 is 0 Å². The largest absolute Gasteiger partial charge is 0.494 e. The molecule has 1 unspecified atom stereocenters. The Morgan fingerprint density at radius 3 is 3.09 bits per heavy atom. The number of nitrogens with zero attached hydrogens (tertiary/aromatic N) is 3. The quantitative estimate of drug-likeness (QED) is 0.894. The van der Waals surface area contributed by atoms with Crippen molar-refractivity contribution in [3.05, 3.63) is 42.2 Å². The maximum atomic E-state index is 5.69. The van der Waals surface area contributed by atoms with E-state index in [9.17, 15) is 0 Å². The molecule has 1 aliphatic rings. The van der Waals surface area contributed by atoms with Crippen molar-refractivity contribution < 1.29 is 9.47 Å². The van der Waals surface area contributed by atoms with Gasteiger partial charge in [-0.05, 0) is 12.1 Å². The topological polar surface area (TPSA) is 65.5 Å². The van der Waals surface area contributed by atoms with E-state index in [0.29, 0.717) is 6.54 Å². The Kier molecular flexibility index (Phi) is 4.72. The second kappa shape index (κ2) is 6.91. The van der Waals surface area contributed by atoms with Crippen LogP contribution in [0.15, 0.2) is 36.7 Å². The van der Waals surface area contributed by atoms with Gasteiger partial charge in [-0.3, -0.25) is 4.90 Å². The minimum Gasteiger partial charge on any atom is -0.494 e. The molecule has 3 rings (SSSR count). The number of methoxy groups -OCH3 is 1. The molecule has 1 saturated heterocycles. The molecule has 0 saturated carbocycles. The van der Waals surface area contributed by atoms with Crippen LogP contribution in [0.1, 0.15) is 5.56 Å². The average Bonchev–Trinajstić information content (AvgIpc) is 3.03. The van der Waals surface area contributed by atoms with E-state index in [4.69, 9.17) is 15.2 Å². The second-order valence-electron chi connectivity index (χ2n) is 5.43. The minimum atomic E-state index is 0.137. The molecule has 2 heterocycles. The van der Waals surface area contributed by atoms with E-state index >= 15 is 0 Å². The van der Waals surface area contributed by atoms with Gasteiger partial charge < -0.3 is 15.2 Å². The summed E-state index contributed by atoms with van der Waals surface area (Å²) >= 11 is 0. The number of morpholine rings is 1. The summed E-state index contributed by atoms with van der Waals surface area (Å²) in [6, 6.07) is 7.86. The predicted octanol–water partition coefficient (Wildman–Crippen LogP) is 1.04. The fourth-order valence-electron chi connectivity index (χ4n) is 2.72. The molecule has 0 radical (unpaired) electrons. The molecule has 1 atom stereocenters. The zero-order valence-electron chi connectivity index (χ0n) is 12.8. The fraction of sp³-hybridized carbons (Fsp3) is 0.438.